The number of ether oxygens (including phenoxy) is 1. The predicted molar refractivity (Wildman–Crippen MR) is 188 cm³/mol. The fourth-order valence-corrected chi connectivity index (χ4v) is 5.19. The lowest BCUT2D eigenvalue weighted by molar-refractivity contribution is -0.189. The predicted octanol–water partition coefficient (Wildman–Crippen LogP) is 7.73. The van der Waals surface area contributed by atoms with Crippen molar-refractivity contribution in [2.45, 2.75) is 38.4 Å². The number of esters is 1. The molecule has 0 fully saturated rings. The Morgan fingerprint density at radius 1 is 0.837 bits per heavy atom. The lowest BCUT2D eigenvalue weighted by atomic mass is 10.0. The maximum Gasteiger partial charge on any atom is 0.491 e. The van der Waals surface area contributed by atoms with E-state index >= 15 is 0 Å². The van der Waals surface area contributed by atoms with Crippen LogP contribution >= 0.6 is 15.9 Å². The molecule has 4 aromatic carbocycles. The number of unbranched alkanes of at least 4 members (excludes halogenated alkanes) is 2. The molecule has 256 valence electrons. The van der Waals surface area contributed by atoms with Gasteiger partial charge >= 0.3 is 12.1 Å². The summed E-state index contributed by atoms with van der Waals surface area (Å²) < 4.78 is 43.0. The lowest BCUT2D eigenvalue weighted by Crippen LogP contribution is -2.31. The Hall–Kier alpha value is -4.74. The molecular weight excluding hydrogens is 699 g/mol. The highest BCUT2D eigenvalue weighted by molar-refractivity contribution is 9.10. The molecule has 0 atom stereocenters. The zero-order valence-electron chi connectivity index (χ0n) is 26.7. The molecule has 49 heavy (non-hydrogen) atoms. The number of nitrogens with zero attached hydrogens (tertiary/aromatic N) is 1. The van der Waals surface area contributed by atoms with Crippen LogP contribution < -0.4 is 15.8 Å². The summed E-state index contributed by atoms with van der Waals surface area (Å²) in [7, 11) is 0. The van der Waals surface area contributed by atoms with E-state index in [9.17, 15) is 27.6 Å². The highest BCUT2D eigenvalue weighted by atomic mass is 79.9. The van der Waals surface area contributed by atoms with Crippen molar-refractivity contribution in [3.8, 4) is 16.9 Å². The minimum Gasteiger partial charge on any atom is -0.420 e. The summed E-state index contributed by atoms with van der Waals surface area (Å²) in [4.78, 5) is 39.1. The number of benzene rings is 4. The van der Waals surface area contributed by atoms with Crippen LogP contribution in [0, 0.1) is 0 Å². The number of amides is 2. The second-order valence-corrected chi connectivity index (χ2v) is 12.2. The molecule has 11 heteroatoms. The van der Waals surface area contributed by atoms with Crippen molar-refractivity contribution in [2.75, 3.05) is 19.6 Å². The van der Waals surface area contributed by atoms with Gasteiger partial charge in [-0.25, -0.2) is 4.79 Å². The molecular formula is C38H37BrF3N3O4. The third-order valence-electron chi connectivity index (χ3n) is 7.56. The summed E-state index contributed by atoms with van der Waals surface area (Å²) in [5.41, 5.74) is 10.3. The van der Waals surface area contributed by atoms with Crippen LogP contribution in [0.2, 0.25) is 0 Å². The van der Waals surface area contributed by atoms with Gasteiger partial charge in [0.25, 0.3) is 5.91 Å². The van der Waals surface area contributed by atoms with Gasteiger partial charge in [0.1, 0.15) is 5.75 Å². The zero-order valence-corrected chi connectivity index (χ0v) is 28.3. The van der Waals surface area contributed by atoms with Crippen molar-refractivity contribution in [1.29, 1.82) is 0 Å². The Balaban J connectivity index is 1.49. The Kier molecular flexibility index (Phi) is 13.7. The number of hydrogen-bond donors (Lipinski definition) is 2. The third kappa shape index (κ3) is 12.0. The van der Waals surface area contributed by atoms with Crippen LogP contribution in [-0.4, -0.2) is 48.5 Å². The fraction of sp³-hybridized carbons (Fsp3) is 0.237. The number of halogens is 4. The van der Waals surface area contributed by atoms with Crippen LogP contribution in [0.4, 0.5) is 13.2 Å². The van der Waals surface area contributed by atoms with E-state index < -0.39 is 12.1 Å². The third-order valence-corrected chi connectivity index (χ3v) is 8.09. The van der Waals surface area contributed by atoms with E-state index in [0.29, 0.717) is 31.6 Å². The van der Waals surface area contributed by atoms with E-state index in [2.05, 4.69) is 26.0 Å². The molecule has 0 heterocycles. The van der Waals surface area contributed by atoms with Crippen molar-refractivity contribution in [3.05, 3.63) is 130 Å². The van der Waals surface area contributed by atoms with Gasteiger partial charge in [-0.3, -0.25) is 9.59 Å². The summed E-state index contributed by atoms with van der Waals surface area (Å²) in [5, 5.41) is 2.96. The van der Waals surface area contributed by atoms with E-state index in [4.69, 9.17) is 5.73 Å². The first-order valence-corrected chi connectivity index (χ1v) is 16.6. The summed E-state index contributed by atoms with van der Waals surface area (Å²) in [6.45, 7) is 1.79. The van der Waals surface area contributed by atoms with Gasteiger partial charge in [0.05, 0.1) is 0 Å². The Labute approximate surface area is 292 Å². The molecule has 0 spiro atoms. The molecule has 0 saturated heterocycles. The van der Waals surface area contributed by atoms with Gasteiger partial charge in [0, 0.05) is 35.7 Å². The van der Waals surface area contributed by atoms with Gasteiger partial charge in [0.15, 0.2) is 0 Å². The van der Waals surface area contributed by atoms with Crippen molar-refractivity contribution in [1.82, 2.24) is 10.2 Å². The highest BCUT2D eigenvalue weighted by Crippen LogP contribution is 2.24. The molecule has 0 aliphatic rings. The molecule has 4 aromatic rings. The molecule has 0 bridgehead atoms. The molecule has 0 radical (unpaired) electrons. The lowest BCUT2D eigenvalue weighted by Gasteiger charge is -2.22. The van der Waals surface area contributed by atoms with Gasteiger partial charge in [-0.1, -0.05) is 76.9 Å². The number of carbonyl (C=O) groups excluding carboxylic acids is 3. The summed E-state index contributed by atoms with van der Waals surface area (Å²) in [6, 6.07) is 28.3. The van der Waals surface area contributed by atoms with Crippen LogP contribution in [0.25, 0.3) is 17.2 Å². The number of alkyl halides is 3. The molecule has 0 aliphatic heterocycles. The maximum absolute atomic E-state index is 13.5. The van der Waals surface area contributed by atoms with Gasteiger partial charge < -0.3 is 20.7 Å². The number of nitrogens with one attached hydrogen (secondary N) is 1. The monoisotopic (exact) mass is 735 g/mol. The Morgan fingerprint density at radius 2 is 1.53 bits per heavy atom. The molecule has 0 aromatic heterocycles. The number of rotatable bonds is 15. The van der Waals surface area contributed by atoms with E-state index in [-0.39, 0.29) is 24.1 Å². The van der Waals surface area contributed by atoms with E-state index in [1.165, 1.54) is 18.2 Å². The van der Waals surface area contributed by atoms with Crippen LogP contribution in [-0.2, 0) is 22.6 Å². The number of carbonyl (C=O) groups is 3. The van der Waals surface area contributed by atoms with Crippen molar-refractivity contribution in [2.24, 2.45) is 5.73 Å². The SMILES string of the molecule is NCCCCCNC(=O)c1cccc(-c2cccc(CN(CCc3ccc(OC(=O)C(F)(F)F)cc3)C(=O)/C=C/c3ccc(Br)cc3)c2)c1. The van der Waals surface area contributed by atoms with E-state index in [0.717, 1.165) is 51.6 Å². The summed E-state index contributed by atoms with van der Waals surface area (Å²) >= 11 is 3.41. The first kappa shape index (κ1) is 37.1. The molecule has 0 saturated carbocycles. The van der Waals surface area contributed by atoms with Gasteiger partial charge in [0.2, 0.25) is 5.91 Å². The van der Waals surface area contributed by atoms with Crippen LogP contribution in [0.1, 0.15) is 46.3 Å². The first-order valence-electron chi connectivity index (χ1n) is 15.8. The standard InChI is InChI=1S/C38H37BrF3N3O4/c39-33-15-10-27(11-16-33)14-19-35(46)45(23-20-28-12-17-34(18-13-28)49-37(48)38(40,41)42)26-29-6-4-7-30(24-29)31-8-5-9-32(25-31)36(47)44-22-3-1-2-21-43/h4-19,24-25H,1-3,20-23,26,43H2,(H,44,47)/b19-14+. The van der Waals surface area contributed by atoms with E-state index in [1.54, 1.807) is 29.2 Å². The van der Waals surface area contributed by atoms with Crippen LogP contribution in [0.5, 0.6) is 5.75 Å². The normalized spacial score (nSPS) is 11.4. The zero-order chi connectivity index (χ0) is 35.2. The van der Waals surface area contributed by atoms with Crippen LogP contribution in [0.3, 0.4) is 0 Å². The molecule has 2 amide bonds. The topological polar surface area (TPSA) is 102 Å². The molecule has 4 rings (SSSR count). The van der Waals surface area contributed by atoms with Crippen LogP contribution in [0.15, 0.2) is 108 Å². The second-order valence-electron chi connectivity index (χ2n) is 11.3. The first-order chi connectivity index (χ1) is 23.5. The molecule has 3 N–H and O–H groups in total. The summed E-state index contributed by atoms with van der Waals surface area (Å²) in [6.07, 6.45) is 1.28. The minimum atomic E-state index is -5.09. The number of nitrogens with two attached hydrogens (primary N) is 1. The average Bonchev–Trinajstić information content (AvgIpc) is 3.10. The van der Waals surface area contributed by atoms with Crippen molar-refractivity contribution < 1.29 is 32.3 Å². The fourth-order valence-electron chi connectivity index (χ4n) is 4.93. The highest BCUT2D eigenvalue weighted by Gasteiger charge is 2.41. The van der Waals surface area contributed by atoms with Gasteiger partial charge in [-0.15, -0.1) is 0 Å². The maximum atomic E-state index is 13.5. The largest absolute Gasteiger partial charge is 0.491 e. The van der Waals surface area contributed by atoms with E-state index in [1.807, 2.05) is 66.7 Å². The number of hydrogen-bond acceptors (Lipinski definition) is 5. The van der Waals surface area contributed by atoms with Gasteiger partial charge in [-0.05, 0) is 102 Å². The summed E-state index contributed by atoms with van der Waals surface area (Å²) in [5.74, 6) is -2.89. The Morgan fingerprint density at radius 3 is 2.22 bits per heavy atom. The molecule has 0 unspecified atom stereocenters. The average molecular weight is 737 g/mol. The smallest absolute Gasteiger partial charge is 0.420 e. The quantitative estimate of drug-likeness (QED) is 0.0564. The molecule has 0 aliphatic carbocycles. The molecule has 7 nitrogen and oxygen atoms in total. The minimum absolute atomic E-state index is 0.147. The van der Waals surface area contributed by atoms with Gasteiger partial charge in [-0.2, -0.15) is 13.2 Å². The Bertz CT molecular complexity index is 1740. The second kappa shape index (κ2) is 18.1. The van der Waals surface area contributed by atoms with Crippen molar-refractivity contribution in [3.63, 3.8) is 0 Å². The van der Waals surface area contributed by atoms with Crippen molar-refractivity contribution >= 4 is 39.8 Å².